The Kier molecular flexibility index (Phi) is 1.31. The van der Waals surface area contributed by atoms with E-state index in [9.17, 15) is 4.79 Å². The molecule has 1 aliphatic rings. The minimum atomic E-state index is -0.0764. The molecular formula is C11H8N2O. The number of benzene rings is 1. The van der Waals surface area contributed by atoms with Crippen molar-refractivity contribution >= 4 is 22.7 Å². The lowest BCUT2D eigenvalue weighted by Crippen LogP contribution is -2.09. The molecule has 1 aromatic heterocycles. The molecule has 0 radical (unpaired) electrons. The van der Waals surface area contributed by atoms with E-state index in [1.54, 1.807) is 6.07 Å². The molecule has 14 heavy (non-hydrogen) atoms. The van der Waals surface area contributed by atoms with Crippen LogP contribution in [0, 0.1) is 0 Å². The lowest BCUT2D eigenvalue weighted by molar-refractivity contribution is 1.25. The van der Waals surface area contributed by atoms with Crippen molar-refractivity contribution in [2.45, 2.75) is 0 Å². The second kappa shape index (κ2) is 2.48. The maximum Gasteiger partial charge on any atom is 0.250 e. The van der Waals surface area contributed by atoms with Crippen LogP contribution in [0.25, 0.3) is 16.8 Å². The largest absolute Gasteiger partial charge is 0.348 e. The Morgan fingerprint density at radius 1 is 1.21 bits per heavy atom. The fourth-order valence-electron chi connectivity index (χ4n) is 1.82. The Balaban J connectivity index is 2.59. The lowest BCUT2D eigenvalue weighted by atomic mass is 10.0. The van der Waals surface area contributed by atoms with Crippen LogP contribution in [-0.2, 0) is 0 Å². The van der Waals surface area contributed by atoms with Crippen LogP contribution in [0.5, 0.6) is 0 Å². The van der Waals surface area contributed by atoms with Crippen LogP contribution in [0.2, 0.25) is 0 Å². The molecule has 2 N–H and O–H groups in total. The van der Waals surface area contributed by atoms with Gasteiger partial charge in [-0.3, -0.25) is 4.79 Å². The molecule has 2 heterocycles. The van der Waals surface area contributed by atoms with Gasteiger partial charge in [-0.15, -0.1) is 0 Å². The summed E-state index contributed by atoms with van der Waals surface area (Å²) in [6.07, 6.45) is 3.82. The average Bonchev–Trinajstić information content (AvgIpc) is 2.18. The number of pyridine rings is 1. The monoisotopic (exact) mass is 184 g/mol. The van der Waals surface area contributed by atoms with Gasteiger partial charge in [0.25, 0.3) is 0 Å². The number of H-pyrrole nitrogens is 1. The van der Waals surface area contributed by atoms with E-state index >= 15 is 0 Å². The molecule has 68 valence electrons. The molecule has 0 amide bonds. The van der Waals surface area contributed by atoms with Gasteiger partial charge in [0.2, 0.25) is 5.56 Å². The molecule has 0 aliphatic carbocycles. The number of anilines is 1. The zero-order valence-electron chi connectivity index (χ0n) is 7.37. The van der Waals surface area contributed by atoms with Gasteiger partial charge in [0.1, 0.15) is 5.82 Å². The fraction of sp³-hybridized carbons (Fsp3) is 0. The number of hydrogen-bond acceptors (Lipinski definition) is 2. The SMILES string of the molecule is O=c1cc2cccc3c2c([nH]1)NC=C3. The smallest absolute Gasteiger partial charge is 0.250 e. The average molecular weight is 184 g/mol. The highest BCUT2D eigenvalue weighted by Crippen LogP contribution is 2.27. The van der Waals surface area contributed by atoms with E-state index in [1.807, 2.05) is 30.5 Å². The first-order valence-electron chi connectivity index (χ1n) is 4.44. The van der Waals surface area contributed by atoms with Crippen LogP contribution in [-0.4, -0.2) is 4.98 Å². The minimum absolute atomic E-state index is 0.0764. The highest BCUT2D eigenvalue weighted by molar-refractivity contribution is 6.00. The van der Waals surface area contributed by atoms with Crippen molar-refractivity contribution in [2.75, 3.05) is 5.32 Å². The van der Waals surface area contributed by atoms with Gasteiger partial charge in [0, 0.05) is 17.7 Å². The molecule has 1 aromatic carbocycles. The summed E-state index contributed by atoms with van der Waals surface area (Å²) in [5, 5.41) is 5.08. The minimum Gasteiger partial charge on any atom is -0.348 e. The molecule has 1 aliphatic heterocycles. The fourth-order valence-corrected chi connectivity index (χ4v) is 1.82. The summed E-state index contributed by atoms with van der Waals surface area (Å²) in [6, 6.07) is 7.54. The zero-order valence-corrected chi connectivity index (χ0v) is 7.37. The van der Waals surface area contributed by atoms with Gasteiger partial charge in [-0.2, -0.15) is 0 Å². The number of rotatable bonds is 0. The number of aromatic amines is 1. The predicted molar refractivity (Wildman–Crippen MR) is 57.2 cm³/mol. The molecule has 3 rings (SSSR count). The van der Waals surface area contributed by atoms with Gasteiger partial charge in [0.15, 0.2) is 0 Å². The Labute approximate surface area is 80.1 Å². The van der Waals surface area contributed by atoms with E-state index < -0.39 is 0 Å². The molecule has 0 atom stereocenters. The number of nitrogens with one attached hydrogen (secondary N) is 2. The van der Waals surface area contributed by atoms with E-state index in [-0.39, 0.29) is 5.56 Å². The van der Waals surface area contributed by atoms with Crippen molar-refractivity contribution in [2.24, 2.45) is 0 Å². The highest BCUT2D eigenvalue weighted by atomic mass is 16.1. The Hall–Kier alpha value is -2.03. The van der Waals surface area contributed by atoms with Gasteiger partial charge in [-0.25, -0.2) is 0 Å². The van der Waals surface area contributed by atoms with E-state index in [2.05, 4.69) is 10.3 Å². The van der Waals surface area contributed by atoms with Gasteiger partial charge < -0.3 is 10.3 Å². The van der Waals surface area contributed by atoms with Crippen molar-refractivity contribution in [3.63, 3.8) is 0 Å². The molecule has 0 bridgehead atoms. The second-order valence-corrected chi connectivity index (χ2v) is 3.30. The van der Waals surface area contributed by atoms with Crippen molar-refractivity contribution < 1.29 is 0 Å². The van der Waals surface area contributed by atoms with E-state index in [1.165, 1.54) is 0 Å². The molecule has 3 nitrogen and oxygen atoms in total. The first-order chi connectivity index (χ1) is 6.84. The van der Waals surface area contributed by atoms with E-state index in [4.69, 9.17) is 0 Å². The van der Waals surface area contributed by atoms with Gasteiger partial charge in [0.05, 0.1) is 0 Å². The number of hydrogen-bond donors (Lipinski definition) is 2. The third kappa shape index (κ3) is 0.893. The molecule has 0 unspecified atom stereocenters. The zero-order chi connectivity index (χ0) is 9.54. The first-order valence-corrected chi connectivity index (χ1v) is 4.44. The van der Waals surface area contributed by atoms with Crippen LogP contribution in [0.15, 0.2) is 35.3 Å². The first kappa shape index (κ1) is 7.38. The normalized spacial score (nSPS) is 12.9. The van der Waals surface area contributed by atoms with E-state index in [0.717, 1.165) is 22.2 Å². The summed E-state index contributed by atoms with van der Waals surface area (Å²) in [5.74, 6) is 0.783. The lowest BCUT2D eigenvalue weighted by Gasteiger charge is -2.12. The van der Waals surface area contributed by atoms with Crippen LogP contribution in [0.1, 0.15) is 5.56 Å². The molecule has 0 saturated heterocycles. The summed E-state index contributed by atoms with van der Waals surface area (Å²) in [5.41, 5.74) is 1.06. The molecular weight excluding hydrogens is 176 g/mol. The Bertz CT molecular complexity index is 596. The summed E-state index contributed by atoms with van der Waals surface area (Å²) < 4.78 is 0. The topological polar surface area (TPSA) is 44.9 Å². The molecule has 0 fully saturated rings. The van der Waals surface area contributed by atoms with Crippen molar-refractivity contribution in [1.29, 1.82) is 0 Å². The van der Waals surface area contributed by atoms with Crippen LogP contribution in [0.3, 0.4) is 0 Å². The van der Waals surface area contributed by atoms with Gasteiger partial charge >= 0.3 is 0 Å². The Morgan fingerprint density at radius 2 is 2.14 bits per heavy atom. The van der Waals surface area contributed by atoms with Crippen molar-refractivity contribution in [3.05, 3.63) is 46.4 Å². The maximum absolute atomic E-state index is 11.3. The van der Waals surface area contributed by atoms with Crippen molar-refractivity contribution in [3.8, 4) is 0 Å². The molecule has 0 saturated carbocycles. The summed E-state index contributed by atoms with van der Waals surface area (Å²) in [6.45, 7) is 0. The molecule has 3 heteroatoms. The summed E-state index contributed by atoms with van der Waals surface area (Å²) in [4.78, 5) is 14.1. The van der Waals surface area contributed by atoms with Crippen molar-refractivity contribution in [1.82, 2.24) is 4.98 Å². The quantitative estimate of drug-likeness (QED) is 0.657. The van der Waals surface area contributed by atoms with Crippen LogP contribution in [0.4, 0.5) is 5.82 Å². The second-order valence-electron chi connectivity index (χ2n) is 3.30. The molecule has 2 aromatic rings. The van der Waals surface area contributed by atoms with Gasteiger partial charge in [-0.1, -0.05) is 18.2 Å². The third-order valence-electron chi connectivity index (χ3n) is 2.40. The van der Waals surface area contributed by atoms with E-state index in [0.29, 0.717) is 0 Å². The summed E-state index contributed by atoms with van der Waals surface area (Å²) in [7, 11) is 0. The predicted octanol–water partition coefficient (Wildman–Crippen LogP) is 1.92. The standard InChI is InChI=1S/C11H8N2O/c14-9-6-8-3-1-2-7-4-5-12-11(13-9)10(7)8/h1-6H,(H2,12,13,14). The third-order valence-corrected chi connectivity index (χ3v) is 2.40. The summed E-state index contributed by atoms with van der Waals surface area (Å²) >= 11 is 0. The number of aromatic nitrogens is 1. The van der Waals surface area contributed by atoms with Crippen LogP contribution >= 0.6 is 0 Å². The Morgan fingerprint density at radius 3 is 3.07 bits per heavy atom. The highest BCUT2D eigenvalue weighted by Gasteiger charge is 2.08. The van der Waals surface area contributed by atoms with Gasteiger partial charge in [-0.05, 0) is 17.0 Å². The molecule has 0 spiro atoms. The van der Waals surface area contributed by atoms with Crippen LogP contribution < -0.4 is 10.9 Å². The maximum atomic E-state index is 11.3.